The standard InChI is InChI=1S/C10H13ClO3/c1-6-5-8(14-2)10(13)9(11)7(6)3-4-12/h5,12-13H,3-4H2,1-2H3. The summed E-state index contributed by atoms with van der Waals surface area (Å²) < 4.78 is 4.94. The van der Waals surface area contributed by atoms with Gasteiger partial charge >= 0.3 is 0 Å². The Morgan fingerprint density at radius 1 is 1.50 bits per heavy atom. The number of aryl methyl sites for hydroxylation is 1. The molecule has 0 aliphatic carbocycles. The second kappa shape index (κ2) is 4.53. The van der Waals surface area contributed by atoms with E-state index in [2.05, 4.69) is 0 Å². The van der Waals surface area contributed by atoms with E-state index in [4.69, 9.17) is 21.4 Å². The van der Waals surface area contributed by atoms with Crippen molar-refractivity contribution in [3.05, 3.63) is 22.2 Å². The third-order valence-corrected chi connectivity index (χ3v) is 2.52. The van der Waals surface area contributed by atoms with Crippen LogP contribution in [0.5, 0.6) is 11.5 Å². The van der Waals surface area contributed by atoms with Gasteiger partial charge in [-0.05, 0) is 30.5 Å². The SMILES string of the molecule is COc1cc(C)c(CCO)c(Cl)c1O. The summed E-state index contributed by atoms with van der Waals surface area (Å²) in [6, 6.07) is 1.70. The van der Waals surface area contributed by atoms with Crippen molar-refractivity contribution in [3.8, 4) is 11.5 Å². The van der Waals surface area contributed by atoms with E-state index < -0.39 is 0 Å². The van der Waals surface area contributed by atoms with E-state index in [-0.39, 0.29) is 17.4 Å². The van der Waals surface area contributed by atoms with Gasteiger partial charge in [0.2, 0.25) is 0 Å². The highest BCUT2D eigenvalue weighted by Gasteiger charge is 2.13. The molecule has 1 aromatic rings. The van der Waals surface area contributed by atoms with Crippen LogP contribution in [-0.2, 0) is 6.42 Å². The number of ether oxygens (including phenoxy) is 1. The molecule has 2 N–H and O–H groups in total. The molecule has 1 rings (SSSR count). The van der Waals surface area contributed by atoms with Gasteiger partial charge in [0.05, 0.1) is 12.1 Å². The summed E-state index contributed by atoms with van der Waals surface area (Å²) in [6.45, 7) is 1.87. The number of aliphatic hydroxyl groups excluding tert-OH is 1. The Bertz CT molecular complexity index is 337. The molecule has 1 aromatic carbocycles. The van der Waals surface area contributed by atoms with Gasteiger partial charge in [-0.25, -0.2) is 0 Å². The normalized spacial score (nSPS) is 10.3. The second-order valence-electron chi connectivity index (χ2n) is 3.01. The van der Waals surface area contributed by atoms with Gasteiger partial charge in [-0.15, -0.1) is 0 Å². The Hall–Kier alpha value is -0.930. The summed E-state index contributed by atoms with van der Waals surface area (Å²) in [5.74, 6) is 0.289. The Kier molecular flexibility index (Phi) is 3.61. The smallest absolute Gasteiger partial charge is 0.177 e. The number of rotatable bonds is 3. The minimum absolute atomic E-state index is 0.00628. The molecular weight excluding hydrogens is 204 g/mol. The Labute approximate surface area is 87.9 Å². The van der Waals surface area contributed by atoms with E-state index >= 15 is 0 Å². The summed E-state index contributed by atoms with van der Waals surface area (Å²) in [5, 5.41) is 18.7. The highest BCUT2D eigenvalue weighted by Crippen LogP contribution is 2.38. The lowest BCUT2D eigenvalue weighted by atomic mass is 10.0. The van der Waals surface area contributed by atoms with Crippen molar-refractivity contribution in [2.75, 3.05) is 13.7 Å². The van der Waals surface area contributed by atoms with E-state index in [9.17, 15) is 5.11 Å². The average molecular weight is 217 g/mol. The van der Waals surface area contributed by atoms with Gasteiger partial charge in [-0.1, -0.05) is 11.6 Å². The zero-order chi connectivity index (χ0) is 10.7. The van der Waals surface area contributed by atoms with Gasteiger partial charge < -0.3 is 14.9 Å². The van der Waals surface area contributed by atoms with Crippen LogP contribution in [0.2, 0.25) is 5.02 Å². The van der Waals surface area contributed by atoms with Crippen molar-refractivity contribution in [2.24, 2.45) is 0 Å². The zero-order valence-electron chi connectivity index (χ0n) is 8.17. The van der Waals surface area contributed by atoms with E-state index in [0.717, 1.165) is 11.1 Å². The molecule has 0 aliphatic rings. The lowest BCUT2D eigenvalue weighted by molar-refractivity contribution is 0.299. The van der Waals surface area contributed by atoms with Crippen LogP contribution in [0.4, 0.5) is 0 Å². The fraction of sp³-hybridized carbons (Fsp3) is 0.400. The Balaban J connectivity index is 3.26. The molecule has 0 bridgehead atoms. The van der Waals surface area contributed by atoms with Crippen LogP contribution in [0.1, 0.15) is 11.1 Å². The van der Waals surface area contributed by atoms with Gasteiger partial charge in [0.15, 0.2) is 11.5 Å². The molecule has 14 heavy (non-hydrogen) atoms. The minimum atomic E-state index is -0.0665. The number of phenolic OH excluding ortho intramolecular Hbond substituents is 1. The molecule has 4 heteroatoms. The molecule has 0 aliphatic heterocycles. The Morgan fingerprint density at radius 2 is 2.14 bits per heavy atom. The first-order chi connectivity index (χ1) is 6.61. The van der Waals surface area contributed by atoms with Crippen molar-refractivity contribution >= 4 is 11.6 Å². The predicted molar refractivity (Wildman–Crippen MR) is 55.2 cm³/mol. The second-order valence-corrected chi connectivity index (χ2v) is 3.39. The minimum Gasteiger partial charge on any atom is -0.503 e. The topological polar surface area (TPSA) is 49.7 Å². The summed E-state index contributed by atoms with van der Waals surface area (Å²) in [6.07, 6.45) is 0.433. The maximum atomic E-state index is 9.59. The first-order valence-electron chi connectivity index (χ1n) is 4.27. The number of phenols is 1. The molecule has 78 valence electrons. The number of methoxy groups -OCH3 is 1. The molecule has 0 spiro atoms. The van der Waals surface area contributed by atoms with E-state index in [1.165, 1.54) is 7.11 Å². The number of aromatic hydroxyl groups is 1. The highest BCUT2D eigenvalue weighted by molar-refractivity contribution is 6.33. The zero-order valence-corrected chi connectivity index (χ0v) is 8.93. The quantitative estimate of drug-likeness (QED) is 0.812. The molecule has 0 saturated carbocycles. The number of benzene rings is 1. The van der Waals surface area contributed by atoms with E-state index in [1.54, 1.807) is 6.07 Å². The highest BCUT2D eigenvalue weighted by atomic mass is 35.5. The van der Waals surface area contributed by atoms with Gasteiger partial charge in [0, 0.05) is 6.61 Å². The molecule has 0 aromatic heterocycles. The first kappa shape index (κ1) is 11.1. The molecule has 0 amide bonds. The largest absolute Gasteiger partial charge is 0.503 e. The number of hydrogen-bond donors (Lipinski definition) is 2. The maximum absolute atomic E-state index is 9.59. The lowest BCUT2D eigenvalue weighted by Gasteiger charge is -2.12. The molecule has 0 heterocycles. The van der Waals surface area contributed by atoms with Crippen LogP contribution in [0.25, 0.3) is 0 Å². The van der Waals surface area contributed by atoms with Crippen molar-refractivity contribution in [3.63, 3.8) is 0 Å². The third-order valence-electron chi connectivity index (χ3n) is 2.11. The fourth-order valence-electron chi connectivity index (χ4n) is 1.35. The maximum Gasteiger partial charge on any atom is 0.177 e. The average Bonchev–Trinajstić information content (AvgIpc) is 2.18. The van der Waals surface area contributed by atoms with Gasteiger partial charge in [-0.2, -0.15) is 0 Å². The van der Waals surface area contributed by atoms with Crippen molar-refractivity contribution in [2.45, 2.75) is 13.3 Å². The van der Waals surface area contributed by atoms with Crippen molar-refractivity contribution in [1.29, 1.82) is 0 Å². The number of hydrogen-bond acceptors (Lipinski definition) is 3. The molecule has 0 unspecified atom stereocenters. The molecular formula is C10H13ClO3. The number of aliphatic hydroxyl groups is 1. The van der Waals surface area contributed by atoms with Crippen LogP contribution in [0.3, 0.4) is 0 Å². The molecule has 0 radical (unpaired) electrons. The molecule has 0 fully saturated rings. The predicted octanol–water partition coefficient (Wildman–Crippen LogP) is 1.90. The van der Waals surface area contributed by atoms with Crippen LogP contribution < -0.4 is 4.74 Å². The Morgan fingerprint density at radius 3 is 2.64 bits per heavy atom. The van der Waals surface area contributed by atoms with Crippen LogP contribution in [0.15, 0.2) is 6.07 Å². The third kappa shape index (κ3) is 1.94. The van der Waals surface area contributed by atoms with Crippen molar-refractivity contribution in [1.82, 2.24) is 0 Å². The molecule has 3 nitrogen and oxygen atoms in total. The first-order valence-corrected chi connectivity index (χ1v) is 4.65. The summed E-state index contributed by atoms with van der Waals surface area (Å²) in [5.41, 5.74) is 1.66. The molecule has 0 atom stereocenters. The van der Waals surface area contributed by atoms with Crippen LogP contribution in [-0.4, -0.2) is 23.9 Å². The monoisotopic (exact) mass is 216 g/mol. The fourth-order valence-corrected chi connectivity index (χ4v) is 1.69. The van der Waals surface area contributed by atoms with E-state index in [1.807, 2.05) is 6.92 Å². The summed E-state index contributed by atoms with van der Waals surface area (Å²) >= 11 is 5.92. The van der Waals surface area contributed by atoms with E-state index in [0.29, 0.717) is 12.2 Å². The molecule has 0 saturated heterocycles. The lowest BCUT2D eigenvalue weighted by Crippen LogP contribution is -1.97. The van der Waals surface area contributed by atoms with Crippen LogP contribution >= 0.6 is 11.6 Å². The van der Waals surface area contributed by atoms with Crippen molar-refractivity contribution < 1.29 is 14.9 Å². The van der Waals surface area contributed by atoms with Crippen LogP contribution in [0, 0.1) is 6.92 Å². The summed E-state index contributed by atoms with van der Waals surface area (Å²) in [7, 11) is 1.47. The van der Waals surface area contributed by atoms with Gasteiger partial charge in [-0.3, -0.25) is 0 Å². The summed E-state index contributed by atoms with van der Waals surface area (Å²) in [4.78, 5) is 0. The number of halogens is 1. The van der Waals surface area contributed by atoms with Gasteiger partial charge in [0.25, 0.3) is 0 Å². The van der Waals surface area contributed by atoms with Gasteiger partial charge in [0.1, 0.15) is 0 Å².